The van der Waals surface area contributed by atoms with Crippen LogP contribution in [0.5, 0.6) is 0 Å². The van der Waals surface area contributed by atoms with Crippen molar-refractivity contribution < 1.29 is 19.2 Å². The first-order chi connectivity index (χ1) is 20.8. The number of aliphatic carboxylic acids is 1. The van der Waals surface area contributed by atoms with Gasteiger partial charge in [0, 0.05) is 54.4 Å². The summed E-state index contributed by atoms with van der Waals surface area (Å²) >= 11 is 8.01. The predicted molar refractivity (Wildman–Crippen MR) is 175 cm³/mol. The van der Waals surface area contributed by atoms with Gasteiger partial charge in [-0.3, -0.25) is 14.1 Å². The van der Waals surface area contributed by atoms with E-state index in [1.165, 1.54) is 0 Å². The van der Waals surface area contributed by atoms with Crippen LogP contribution in [0.2, 0.25) is 5.02 Å². The van der Waals surface area contributed by atoms with Crippen LogP contribution in [0.15, 0.2) is 76.8 Å². The minimum absolute atomic E-state index is 0.0369. The SMILES string of the molecule is CC1CC2N=C(c3ccc[n+](-c4ccc5c(c4)n(C)c(=O)n5C)c3)SC2C(c2ccc(Cl)cc2)C1[C@H](OC(C)(C)C)C(=O)O. The molecule has 5 unspecified atom stereocenters. The second kappa shape index (κ2) is 11.5. The van der Waals surface area contributed by atoms with Crippen LogP contribution in [-0.4, -0.2) is 48.3 Å². The number of carboxylic acid groups (broad SMARTS) is 1. The van der Waals surface area contributed by atoms with E-state index in [0.29, 0.717) is 5.02 Å². The molecule has 1 saturated carbocycles. The summed E-state index contributed by atoms with van der Waals surface area (Å²) < 4.78 is 11.6. The summed E-state index contributed by atoms with van der Waals surface area (Å²) in [7, 11) is 3.57. The molecule has 1 aliphatic heterocycles. The number of rotatable bonds is 6. The number of fused-ring (bicyclic) bond motifs is 2. The Morgan fingerprint density at radius 3 is 2.50 bits per heavy atom. The van der Waals surface area contributed by atoms with E-state index in [0.717, 1.165) is 39.3 Å². The molecule has 0 saturated heterocycles. The van der Waals surface area contributed by atoms with E-state index >= 15 is 0 Å². The molecule has 0 bridgehead atoms. The normalized spacial score (nSPS) is 24.2. The lowest BCUT2D eigenvalue weighted by Gasteiger charge is -2.46. The molecule has 44 heavy (non-hydrogen) atoms. The summed E-state index contributed by atoms with van der Waals surface area (Å²) in [6.45, 7) is 7.85. The Hall–Kier alpha value is -3.40. The average molecular weight is 634 g/mol. The first-order valence-electron chi connectivity index (χ1n) is 14.9. The number of carboxylic acids is 1. The van der Waals surface area contributed by atoms with Crippen molar-refractivity contribution in [2.45, 2.75) is 63.0 Å². The monoisotopic (exact) mass is 633 g/mol. The fourth-order valence-electron chi connectivity index (χ4n) is 6.89. The van der Waals surface area contributed by atoms with Gasteiger partial charge in [0.2, 0.25) is 5.69 Å². The topological polar surface area (TPSA) is 89.7 Å². The third-order valence-corrected chi connectivity index (χ3v) is 10.6. The van der Waals surface area contributed by atoms with Gasteiger partial charge in [-0.25, -0.2) is 9.59 Å². The number of thioether (sulfide) groups is 1. The fraction of sp³-hybridized carbons (Fsp3) is 0.412. The highest BCUT2D eigenvalue weighted by Gasteiger charge is 2.52. The summed E-state index contributed by atoms with van der Waals surface area (Å²) in [5, 5.41) is 12.0. The van der Waals surface area contributed by atoms with E-state index < -0.39 is 17.7 Å². The zero-order chi connectivity index (χ0) is 31.5. The molecule has 230 valence electrons. The number of hydrogen-bond acceptors (Lipinski definition) is 5. The molecule has 0 radical (unpaired) electrons. The molecule has 2 aromatic heterocycles. The molecule has 1 fully saturated rings. The highest BCUT2D eigenvalue weighted by molar-refractivity contribution is 8.15. The molecule has 3 heterocycles. The van der Waals surface area contributed by atoms with Gasteiger partial charge in [-0.1, -0.05) is 42.4 Å². The quantitative estimate of drug-likeness (QED) is 0.273. The van der Waals surface area contributed by atoms with Crippen LogP contribution in [-0.2, 0) is 23.6 Å². The average Bonchev–Trinajstić information content (AvgIpc) is 3.50. The van der Waals surface area contributed by atoms with Crippen LogP contribution in [0.4, 0.5) is 0 Å². The number of pyridine rings is 1. The number of hydrogen-bond donors (Lipinski definition) is 1. The third-order valence-electron chi connectivity index (χ3n) is 8.88. The molecule has 2 aliphatic rings. The van der Waals surface area contributed by atoms with Gasteiger partial charge in [-0.2, -0.15) is 4.57 Å². The number of ether oxygens (including phenoxy) is 1. The molecule has 0 spiro atoms. The van der Waals surface area contributed by atoms with Crippen molar-refractivity contribution in [1.82, 2.24) is 9.13 Å². The zero-order valence-electron chi connectivity index (χ0n) is 25.8. The van der Waals surface area contributed by atoms with Gasteiger partial charge in [0.05, 0.1) is 28.2 Å². The minimum Gasteiger partial charge on any atom is -0.479 e. The number of nitrogens with zero attached hydrogens (tertiary/aromatic N) is 4. The lowest BCUT2D eigenvalue weighted by molar-refractivity contribution is -0.595. The highest BCUT2D eigenvalue weighted by Crippen LogP contribution is 2.53. The van der Waals surface area contributed by atoms with Crippen molar-refractivity contribution in [1.29, 1.82) is 0 Å². The van der Waals surface area contributed by atoms with Gasteiger partial charge in [0.1, 0.15) is 5.04 Å². The van der Waals surface area contributed by atoms with Crippen LogP contribution in [0, 0.1) is 11.8 Å². The highest BCUT2D eigenvalue weighted by atomic mass is 35.5. The van der Waals surface area contributed by atoms with Crippen LogP contribution in [0.3, 0.4) is 0 Å². The van der Waals surface area contributed by atoms with Crippen LogP contribution in [0.25, 0.3) is 16.7 Å². The number of aromatic nitrogens is 3. The molecule has 6 atom stereocenters. The molecule has 1 N–H and O–H groups in total. The van der Waals surface area contributed by atoms with E-state index in [-0.39, 0.29) is 34.7 Å². The predicted octanol–water partition coefficient (Wildman–Crippen LogP) is 5.75. The van der Waals surface area contributed by atoms with E-state index in [1.807, 2.05) is 75.5 Å². The Balaban J connectivity index is 1.36. The van der Waals surface area contributed by atoms with Gasteiger partial charge in [-0.05, 0) is 62.9 Å². The van der Waals surface area contributed by atoms with Gasteiger partial charge in [-0.15, -0.1) is 0 Å². The Kier molecular flexibility index (Phi) is 8.01. The smallest absolute Gasteiger partial charge is 0.333 e. The van der Waals surface area contributed by atoms with Crippen molar-refractivity contribution in [3.63, 3.8) is 0 Å². The maximum absolute atomic E-state index is 12.7. The Morgan fingerprint density at radius 2 is 1.82 bits per heavy atom. The van der Waals surface area contributed by atoms with Gasteiger partial charge in [0.15, 0.2) is 18.5 Å². The molecular formula is C34H38ClN4O4S+. The zero-order valence-corrected chi connectivity index (χ0v) is 27.3. The number of imidazole rings is 1. The number of benzene rings is 2. The minimum atomic E-state index is -0.959. The number of carbonyl (C=O) groups is 1. The molecule has 1 aliphatic carbocycles. The Labute approximate surface area is 266 Å². The first kappa shape index (κ1) is 30.6. The molecule has 2 aromatic carbocycles. The lowest BCUT2D eigenvalue weighted by Crippen LogP contribution is -2.50. The van der Waals surface area contributed by atoms with Crippen molar-refractivity contribution in [3.05, 3.63) is 93.6 Å². The maximum Gasteiger partial charge on any atom is 0.333 e. The molecule has 10 heteroatoms. The standard InChI is InChI=1S/C34H37ClN4O4S/c1-19-16-24-30(28(20-9-11-22(35)12-10-20)27(19)29(32(40)41)43-34(2,3)4)44-31(36-24)21-8-7-15-39(18-21)23-13-14-25-26(17-23)38(6)33(42)37(25)5/h7-15,17-19,24,27-30H,16H2,1-6H3/p+1/t19?,24?,27?,28?,29-,30?/m0/s1. The molecular weight excluding hydrogens is 596 g/mol. The Morgan fingerprint density at radius 1 is 1.11 bits per heavy atom. The van der Waals surface area contributed by atoms with E-state index in [2.05, 4.69) is 23.8 Å². The van der Waals surface area contributed by atoms with Crippen LogP contribution in [0.1, 0.15) is 51.2 Å². The van der Waals surface area contributed by atoms with Crippen LogP contribution >= 0.6 is 23.4 Å². The molecule has 4 aromatic rings. The second-order valence-corrected chi connectivity index (χ2v) is 14.6. The number of aryl methyl sites for hydroxylation is 2. The summed E-state index contributed by atoms with van der Waals surface area (Å²) in [4.78, 5) is 30.5. The van der Waals surface area contributed by atoms with E-state index in [4.69, 9.17) is 21.3 Å². The fourth-order valence-corrected chi connectivity index (χ4v) is 8.54. The summed E-state index contributed by atoms with van der Waals surface area (Å²) in [6, 6.07) is 17.9. The molecule has 6 rings (SSSR count). The molecule has 8 nitrogen and oxygen atoms in total. The van der Waals surface area contributed by atoms with Gasteiger partial charge in [0.25, 0.3) is 0 Å². The second-order valence-electron chi connectivity index (χ2n) is 13.0. The first-order valence-corrected chi connectivity index (χ1v) is 16.2. The van der Waals surface area contributed by atoms with Gasteiger partial charge >= 0.3 is 11.7 Å². The third kappa shape index (κ3) is 5.61. The van der Waals surface area contributed by atoms with E-state index in [9.17, 15) is 14.7 Å². The largest absolute Gasteiger partial charge is 0.479 e. The van der Waals surface area contributed by atoms with Gasteiger partial charge < -0.3 is 9.84 Å². The van der Waals surface area contributed by atoms with Crippen molar-refractivity contribution in [3.8, 4) is 5.69 Å². The summed E-state index contributed by atoms with van der Waals surface area (Å²) in [5.74, 6) is -1.22. The Bertz CT molecular complexity index is 1820. The van der Waals surface area contributed by atoms with Crippen LogP contribution < -0.4 is 10.3 Å². The van der Waals surface area contributed by atoms with Crippen molar-refractivity contribution >= 4 is 45.4 Å². The number of aliphatic imine (C=N–C) groups is 1. The number of halogens is 1. The lowest BCUT2D eigenvalue weighted by atomic mass is 9.65. The van der Waals surface area contributed by atoms with Crippen molar-refractivity contribution in [2.75, 3.05) is 0 Å². The van der Waals surface area contributed by atoms with Crippen molar-refractivity contribution in [2.24, 2.45) is 30.9 Å². The summed E-state index contributed by atoms with van der Waals surface area (Å²) in [5.41, 5.74) is 4.07. The maximum atomic E-state index is 12.7. The molecule has 0 amide bonds. The summed E-state index contributed by atoms with van der Waals surface area (Å²) in [6.07, 6.45) is 3.89. The van der Waals surface area contributed by atoms with E-state index in [1.54, 1.807) is 35.0 Å².